The maximum absolute atomic E-state index is 12.9. The Kier molecular flexibility index (Phi) is 5.13. The van der Waals surface area contributed by atoms with Crippen LogP contribution in [0.25, 0.3) is 5.69 Å². The van der Waals surface area contributed by atoms with Gasteiger partial charge in [0.2, 0.25) is 10.0 Å². The van der Waals surface area contributed by atoms with Gasteiger partial charge in [0.05, 0.1) is 4.90 Å². The molecule has 0 aliphatic carbocycles. The van der Waals surface area contributed by atoms with Crippen molar-refractivity contribution in [2.75, 3.05) is 39.4 Å². The van der Waals surface area contributed by atoms with Gasteiger partial charge >= 0.3 is 0 Å². The van der Waals surface area contributed by atoms with E-state index in [4.69, 9.17) is 4.74 Å². The average molecular weight is 375 g/mol. The van der Waals surface area contributed by atoms with Crippen molar-refractivity contribution in [1.29, 1.82) is 0 Å². The molecule has 0 atom stereocenters. The van der Waals surface area contributed by atoms with Crippen LogP contribution >= 0.6 is 0 Å². The first-order valence-electron chi connectivity index (χ1n) is 9.20. The summed E-state index contributed by atoms with van der Waals surface area (Å²) in [4.78, 5) is 2.79. The topological polar surface area (TPSA) is 54.8 Å². The molecule has 3 heterocycles. The van der Waals surface area contributed by atoms with Gasteiger partial charge in [-0.1, -0.05) is 0 Å². The Hall–Kier alpha value is -1.67. The number of sulfonamides is 1. The van der Waals surface area contributed by atoms with Gasteiger partial charge in [0, 0.05) is 63.5 Å². The number of piperazine rings is 1. The van der Waals surface area contributed by atoms with Crippen molar-refractivity contribution < 1.29 is 13.2 Å². The molecular weight excluding hydrogens is 350 g/mol. The second kappa shape index (κ2) is 7.52. The molecule has 2 saturated heterocycles. The van der Waals surface area contributed by atoms with Gasteiger partial charge in [-0.25, -0.2) is 8.42 Å². The van der Waals surface area contributed by atoms with E-state index in [-0.39, 0.29) is 0 Å². The van der Waals surface area contributed by atoms with E-state index < -0.39 is 10.0 Å². The molecular formula is C19H25N3O3S. The van der Waals surface area contributed by atoms with Crippen LogP contribution in [0.2, 0.25) is 0 Å². The van der Waals surface area contributed by atoms with Gasteiger partial charge in [0.1, 0.15) is 0 Å². The van der Waals surface area contributed by atoms with Crippen molar-refractivity contribution in [2.45, 2.75) is 23.8 Å². The smallest absolute Gasteiger partial charge is 0.243 e. The van der Waals surface area contributed by atoms with Crippen LogP contribution in [0.4, 0.5) is 0 Å². The molecule has 0 amide bonds. The predicted octanol–water partition coefficient (Wildman–Crippen LogP) is 1.96. The number of benzene rings is 1. The fraction of sp³-hybridized carbons (Fsp3) is 0.474. The molecule has 4 rings (SSSR count). The third kappa shape index (κ3) is 3.57. The predicted molar refractivity (Wildman–Crippen MR) is 99.9 cm³/mol. The summed E-state index contributed by atoms with van der Waals surface area (Å²) in [7, 11) is -3.43. The van der Waals surface area contributed by atoms with Gasteiger partial charge < -0.3 is 9.30 Å². The van der Waals surface area contributed by atoms with Crippen molar-refractivity contribution in [1.82, 2.24) is 13.8 Å². The van der Waals surface area contributed by atoms with E-state index in [0.717, 1.165) is 44.8 Å². The van der Waals surface area contributed by atoms with Crippen LogP contribution in [0.1, 0.15) is 12.8 Å². The Labute approximate surface area is 155 Å². The number of hydrogen-bond acceptors (Lipinski definition) is 4. The van der Waals surface area contributed by atoms with Gasteiger partial charge in [-0.15, -0.1) is 0 Å². The fourth-order valence-electron chi connectivity index (χ4n) is 3.81. The van der Waals surface area contributed by atoms with Crippen molar-refractivity contribution in [3.63, 3.8) is 0 Å². The van der Waals surface area contributed by atoms with Crippen molar-refractivity contribution >= 4 is 10.0 Å². The van der Waals surface area contributed by atoms with E-state index in [1.165, 1.54) is 0 Å². The molecule has 140 valence electrons. The molecule has 0 radical (unpaired) electrons. The van der Waals surface area contributed by atoms with Crippen LogP contribution < -0.4 is 0 Å². The van der Waals surface area contributed by atoms with Gasteiger partial charge in [-0.3, -0.25) is 4.90 Å². The van der Waals surface area contributed by atoms with Crippen LogP contribution in [0, 0.1) is 0 Å². The number of nitrogens with zero attached hydrogens (tertiary/aromatic N) is 3. The first-order chi connectivity index (χ1) is 12.6. The van der Waals surface area contributed by atoms with Crippen LogP contribution in [0.3, 0.4) is 0 Å². The van der Waals surface area contributed by atoms with E-state index in [1.54, 1.807) is 16.4 Å². The summed E-state index contributed by atoms with van der Waals surface area (Å²) in [5.74, 6) is 0. The standard InChI is InChI=1S/C19H25N3O3S/c23-26(24,19-5-3-17(4-6-19)20-9-1-2-10-20)22-13-11-21(12-14-22)18-7-15-25-16-8-18/h1-6,9-10,18H,7-8,11-16H2. The summed E-state index contributed by atoms with van der Waals surface area (Å²) in [6.45, 7) is 4.34. The normalized spacial score (nSPS) is 21.1. The SMILES string of the molecule is O=S(=O)(c1ccc(-n2cccc2)cc1)N1CCN(C2CCOCC2)CC1. The molecule has 1 aromatic carbocycles. The number of hydrogen-bond donors (Lipinski definition) is 0. The second-order valence-electron chi connectivity index (χ2n) is 6.87. The zero-order chi connectivity index (χ0) is 18.0. The number of rotatable bonds is 4. The summed E-state index contributed by atoms with van der Waals surface area (Å²) in [6.07, 6.45) is 5.99. The molecule has 0 bridgehead atoms. The van der Waals surface area contributed by atoms with Crippen molar-refractivity contribution in [3.8, 4) is 5.69 Å². The van der Waals surface area contributed by atoms with Crippen LogP contribution in [0.5, 0.6) is 0 Å². The Bertz CT molecular complexity index is 804. The molecule has 26 heavy (non-hydrogen) atoms. The Morgan fingerprint density at radius 1 is 0.885 bits per heavy atom. The van der Waals surface area contributed by atoms with E-state index in [0.29, 0.717) is 24.0 Å². The van der Waals surface area contributed by atoms with E-state index >= 15 is 0 Å². The van der Waals surface area contributed by atoms with Crippen molar-refractivity contribution in [2.24, 2.45) is 0 Å². The number of aromatic nitrogens is 1. The number of ether oxygens (including phenoxy) is 1. The fourth-order valence-corrected chi connectivity index (χ4v) is 5.23. The highest BCUT2D eigenvalue weighted by Crippen LogP contribution is 2.22. The summed E-state index contributed by atoms with van der Waals surface area (Å²) < 4.78 is 34.9. The minimum Gasteiger partial charge on any atom is -0.381 e. The second-order valence-corrected chi connectivity index (χ2v) is 8.81. The zero-order valence-electron chi connectivity index (χ0n) is 14.8. The maximum atomic E-state index is 12.9. The van der Waals surface area contributed by atoms with Gasteiger partial charge in [-0.05, 0) is 49.2 Å². The lowest BCUT2D eigenvalue weighted by atomic mass is 10.1. The minimum atomic E-state index is -3.43. The molecule has 2 aliphatic heterocycles. The lowest BCUT2D eigenvalue weighted by Gasteiger charge is -2.40. The van der Waals surface area contributed by atoms with Gasteiger partial charge in [-0.2, -0.15) is 4.31 Å². The summed E-state index contributed by atoms with van der Waals surface area (Å²) >= 11 is 0. The average Bonchev–Trinajstić information content (AvgIpc) is 3.24. The lowest BCUT2D eigenvalue weighted by molar-refractivity contribution is 0.0229. The molecule has 1 aromatic heterocycles. The van der Waals surface area contributed by atoms with Crippen LogP contribution in [-0.4, -0.2) is 67.6 Å². The lowest BCUT2D eigenvalue weighted by Crippen LogP contribution is -2.52. The highest BCUT2D eigenvalue weighted by Gasteiger charge is 2.31. The molecule has 0 spiro atoms. The maximum Gasteiger partial charge on any atom is 0.243 e. The third-order valence-electron chi connectivity index (χ3n) is 5.36. The van der Waals surface area contributed by atoms with E-state index in [9.17, 15) is 8.42 Å². The molecule has 7 heteroatoms. The first-order valence-corrected chi connectivity index (χ1v) is 10.6. The highest BCUT2D eigenvalue weighted by molar-refractivity contribution is 7.89. The summed E-state index contributed by atoms with van der Waals surface area (Å²) in [5.41, 5.74) is 0.957. The molecule has 2 aromatic rings. The molecule has 6 nitrogen and oxygen atoms in total. The molecule has 0 unspecified atom stereocenters. The van der Waals surface area contributed by atoms with Gasteiger partial charge in [0.25, 0.3) is 0 Å². The molecule has 2 fully saturated rings. The minimum absolute atomic E-state index is 0.368. The van der Waals surface area contributed by atoms with Gasteiger partial charge in [0.15, 0.2) is 0 Å². The molecule has 0 N–H and O–H groups in total. The Balaban J connectivity index is 1.42. The molecule has 2 aliphatic rings. The summed E-state index contributed by atoms with van der Waals surface area (Å²) in [6, 6.07) is 11.5. The van der Waals surface area contributed by atoms with Crippen LogP contribution in [0.15, 0.2) is 53.7 Å². The van der Waals surface area contributed by atoms with E-state index in [2.05, 4.69) is 4.90 Å². The molecule has 0 saturated carbocycles. The van der Waals surface area contributed by atoms with E-state index in [1.807, 2.05) is 41.2 Å². The zero-order valence-corrected chi connectivity index (χ0v) is 15.6. The Morgan fingerprint density at radius 3 is 2.12 bits per heavy atom. The largest absolute Gasteiger partial charge is 0.381 e. The Morgan fingerprint density at radius 2 is 1.50 bits per heavy atom. The summed E-state index contributed by atoms with van der Waals surface area (Å²) in [5, 5.41) is 0. The first kappa shape index (κ1) is 17.7. The quantitative estimate of drug-likeness (QED) is 0.820. The van der Waals surface area contributed by atoms with Crippen molar-refractivity contribution in [3.05, 3.63) is 48.8 Å². The third-order valence-corrected chi connectivity index (χ3v) is 7.27. The highest BCUT2D eigenvalue weighted by atomic mass is 32.2. The van der Waals surface area contributed by atoms with Crippen LogP contribution in [-0.2, 0) is 14.8 Å². The monoisotopic (exact) mass is 375 g/mol.